The van der Waals surface area contributed by atoms with Crippen LogP contribution < -0.4 is 5.84 Å². The number of hydrazone groups is 1. The highest BCUT2D eigenvalue weighted by molar-refractivity contribution is 8.14. The Balaban J connectivity index is 2.59. The van der Waals surface area contributed by atoms with Crippen molar-refractivity contribution in [2.75, 3.05) is 5.75 Å². The first-order valence-corrected chi connectivity index (χ1v) is 2.85. The Morgan fingerprint density at radius 1 is 2.00 bits per heavy atom. The van der Waals surface area contributed by atoms with Crippen molar-refractivity contribution in [2.45, 2.75) is 0 Å². The zero-order valence-electron chi connectivity index (χ0n) is 3.66. The molecule has 1 aliphatic heterocycles. The lowest BCUT2D eigenvalue weighted by molar-refractivity contribution is 1.25. The van der Waals surface area contributed by atoms with E-state index in [1.165, 1.54) is 0 Å². The second-order valence-corrected chi connectivity index (χ2v) is 2.02. The minimum absolute atomic E-state index is 0.681. The molecule has 3 nitrogen and oxygen atoms in total. The fourth-order valence-corrected chi connectivity index (χ4v) is 0.857. The van der Waals surface area contributed by atoms with Crippen LogP contribution in [0.25, 0.3) is 0 Å². The Labute approximate surface area is 45.7 Å². The molecule has 0 amide bonds. The van der Waals surface area contributed by atoms with Crippen molar-refractivity contribution in [1.29, 1.82) is 0 Å². The summed E-state index contributed by atoms with van der Waals surface area (Å²) in [5, 5.41) is 4.05. The smallest absolute Gasteiger partial charge is 0.206 e. The summed E-state index contributed by atoms with van der Waals surface area (Å²) < 4.78 is 0. The van der Waals surface area contributed by atoms with Crippen LogP contribution in [0.1, 0.15) is 0 Å². The molecule has 0 aromatic heterocycles. The van der Waals surface area contributed by atoms with Gasteiger partial charge in [0.05, 0.1) is 0 Å². The topological polar surface area (TPSA) is 50.7 Å². The minimum Gasteiger partial charge on any atom is -0.321 e. The molecule has 2 N–H and O–H groups in total. The molecule has 4 heteroatoms. The van der Waals surface area contributed by atoms with E-state index in [1.807, 2.05) is 0 Å². The number of rotatable bonds is 0. The summed E-state index contributed by atoms with van der Waals surface area (Å²) in [5.41, 5.74) is 0. The number of aliphatic imine (C=N–C) groups is 1. The van der Waals surface area contributed by atoms with Crippen LogP contribution in [0.3, 0.4) is 0 Å². The summed E-state index contributed by atoms with van der Waals surface area (Å²) in [4.78, 5) is 3.82. The van der Waals surface area contributed by atoms with Gasteiger partial charge < -0.3 is 5.84 Å². The Morgan fingerprint density at radius 3 is 3.14 bits per heavy atom. The van der Waals surface area contributed by atoms with Crippen molar-refractivity contribution >= 4 is 23.1 Å². The first-order valence-electron chi connectivity index (χ1n) is 1.86. The number of hydrogen-bond donors (Lipinski definition) is 1. The van der Waals surface area contributed by atoms with Gasteiger partial charge in [-0.3, -0.25) is 0 Å². The van der Waals surface area contributed by atoms with Gasteiger partial charge in [0.25, 0.3) is 0 Å². The summed E-state index contributed by atoms with van der Waals surface area (Å²) in [6, 6.07) is 0. The number of amidine groups is 1. The molecule has 0 aliphatic carbocycles. The largest absolute Gasteiger partial charge is 0.321 e. The highest BCUT2D eigenvalue weighted by Gasteiger charge is 1.99. The van der Waals surface area contributed by atoms with Gasteiger partial charge in [0, 0.05) is 12.0 Å². The monoisotopic (exact) mass is 115 g/mol. The molecule has 0 saturated heterocycles. The van der Waals surface area contributed by atoms with Gasteiger partial charge >= 0.3 is 0 Å². The van der Waals surface area contributed by atoms with Crippen molar-refractivity contribution in [3.05, 3.63) is 0 Å². The third-order valence-corrected chi connectivity index (χ3v) is 1.38. The van der Waals surface area contributed by atoms with Gasteiger partial charge in [-0.2, -0.15) is 5.10 Å². The van der Waals surface area contributed by atoms with Gasteiger partial charge in [-0.1, -0.05) is 11.8 Å². The molecule has 0 aromatic rings. The lowest BCUT2D eigenvalue weighted by Gasteiger charge is -1.80. The highest BCUT2D eigenvalue weighted by Crippen LogP contribution is 2.07. The third-order valence-electron chi connectivity index (χ3n) is 0.599. The molecular formula is C3H5N3S. The molecule has 0 spiro atoms. The molecule has 0 bridgehead atoms. The Morgan fingerprint density at radius 2 is 2.86 bits per heavy atom. The molecule has 0 atom stereocenters. The normalized spacial score (nSPS) is 24.3. The standard InChI is InChI=1S/C3H5N3S/c4-6-3-5-1-2-7-3/h1H,2,4H2. The van der Waals surface area contributed by atoms with E-state index in [-0.39, 0.29) is 0 Å². The van der Waals surface area contributed by atoms with Crippen LogP contribution in [0.4, 0.5) is 0 Å². The van der Waals surface area contributed by atoms with Crippen LogP contribution in [0.15, 0.2) is 10.1 Å². The first-order chi connectivity index (χ1) is 3.43. The fourth-order valence-electron chi connectivity index (χ4n) is 0.335. The molecule has 1 rings (SSSR count). The van der Waals surface area contributed by atoms with E-state index in [0.29, 0.717) is 5.17 Å². The minimum atomic E-state index is 0.681. The van der Waals surface area contributed by atoms with Gasteiger partial charge in [-0.25, -0.2) is 4.99 Å². The molecule has 0 fully saturated rings. The predicted molar refractivity (Wildman–Crippen MR) is 32.6 cm³/mol. The van der Waals surface area contributed by atoms with Gasteiger partial charge in [-0.15, -0.1) is 0 Å². The van der Waals surface area contributed by atoms with E-state index in [0.717, 1.165) is 5.75 Å². The number of thioether (sulfide) groups is 1. The van der Waals surface area contributed by atoms with Crippen LogP contribution in [0.5, 0.6) is 0 Å². The van der Waals surface area contributed by atoms with Crippen LogP contribution in [-0.4, -0.2) is 17.1 Å². The van der Waals surface area contributed by atoms with E-state index >= 15 is 0 Å². The van der Waals surface area contributed by atoms with E-state index in [9.17, 15) is 0 Å². The molecule has 1 aliphatic rings. The zero-order valence-corrected chi connectivity index (χ0v) is 4.48. The van der Waals surface area contributed by atoms with Crippen molar-refractivity contribution in [3.63, 3.8) is 0 Å². The summed E-state index contributed by atoms with van der Waals surface area (Å²) in [5.74, 6) is 5.80. The van der Waals surface area contributed by atoms with E-state index in [1.54, 1.807) is 18.0 Å². The summed E-state index contributed by atoms with van der Waals surface area (Å²) in [6.07, 6.45) is 1.79. The highest BCUT2D eigenvalue weighted by atomic mass is 32.2. The molecule has 0 unspecified atom stereocenters. The Hall–Kier alpha value is -0.510. The summed E-state index contributed by atoms with van der Waals surface area (Å²) >= 11 is 1.55. The molecule has 0 saturated carbocycles. The van der Waals surface area contributed by atoms with Gasteiger partial charge in [0.2, 0.25) is 5.17 Å². The van der Waals surface area contributed by atoms with Crippen LogP contribution in [0, 0.1) is 0 Å². The first kappa shape index (κ1) is 4.64. The van der Waals surface area contributed by atoms with E-state index < -0.39 is 0 Å². The predicted octanol–water partition coefficient (Wildman–Crippen LogP) is 0.0337. The fraction of sp³-hybridized carbons (Fsp3) is 0.333. The molecule has 1 heterocycles. The second-order valence-electron chi connectivity index (χ2n) is 1.03. The van der Waals surface area contributed by atoms with Crippen molar-refractivity contribution in [3.8, 4) is 0 Å². The average Bonchev–Trinajstić information content (AvgIpc) is 2.14. The third kappa shape index (κ3) is 0.928. The maximum absolute atomic E-state index is 4.89. The molecule has 38 valence electrons. The Kier molecular flexibility index (Phi) is 1.31. The average molecular weight is 115 g/mol. The SMILES string of the molecule is NN=C1N=CCS1. The molecule has 7 heavy (non-hydrogen) atoms. The quantitative estimate of drug-likeness (QED) is 0.358. The number of nitrogens with two attached hydrogens (primary N) is 1. The van der Waals surface area contributed by atoms with Crippen molar-refractivity contribution in [2.24, 2.45) is 15.9 Å². The maximum atomic E-state index is 4.89. The lowest BCUT2D eigenvalue weighted by Crippen LogP contribution is -1.87. The Bertz CT molecular complexity index is 115. The van der Waals surface area contributed by atoms with E-state index in [2.05, 4.69) is 10.1 Å². The summed E-state index contributed by atoms with van der Waals surface area (Å²) in [6.45, 7) is 0. The second kappa shape index (κ2) is 1.97. The van der Waals surface area contributed by atoms with Crippen molar-refractivity contribution in [1.82, 2.24) is 0 Å². The zero-order chi connectivity index (χ0) is 5.11. The van der Waals surface area contributed by atoms with Gasteiger partial charge in [0.15, 0.2) is 0 Å². The molecular weight excluding hydrogens is 110 g/mol. The van der Waals surface area contributed by atoms with E-state index in [4.69, 9.17) is 5.84 Å². The van der Waals surface area contributed by atoms with Crippen LogP contribution in [0.2, 0.25) is 0 Å². The summed E-state index contributed by atoms with van der Waals surface area (Å²) in [7, 11) is 0. The van der Waals surface area contributed by atoms with Crippen molar-refractivity contribution < 1.29 is 0 Å². The molecule has 0 radical (unpaired) electrons. The van der Waals surface area contributed by atoms with Gasteiger partial charge in [-0.05, 0) is 0 Å². The van der Waals surface area contributed by atoms with Crippen LogP contribution >= 0.6 is 11.8 Å². The lowest BCUT2D eigenvalue weighted by atomic mass is 10.9. The number of nitrogens with zero attached hydrogens (tertiary/aromatic N) is 2. The number of hydrogen-bond acceptors (Lipinski definition) is 3. The molecule has 0 aromatic carbocycles. The maximum Gasteiger partial charge on any atom is 0.206 e. The van der Waals surface area contributed by atoms with Crippen LogP contribution in [-0.2, 0) is 0 Å². The van der Waals surface area contributed by atoms with Gasteiger partial charge in [0.1, 0.15) is 0 Å².